The molecule has 0 saturated heterocycles. The molecule has 3 N–H and O–H groups in total. The highest BCUT2D eigenvalue weighted by atomic mass is 79.9. The van der Waals surface area contributed by atoms with Gasteiger partial charge in [-0.1, -0.05) is 22.0 Å². The number of sulfonamides is 1. The summed E-state index contributed by atoms with van der Waals surface area (Å²) < 4.78 is 54.1. The lowest BCUT2D eigenvalue weighted by atomic mass is 10.2. The molecule has 0 radical (unpaired) electrons. The number of hydrogen-bond acceptors (Lipinski definition) is 3. The predicted molar refractivity (Wildman–Crippen MR) is 80.5 cm³/mol. The second kappa shape index (κ2) is 5.61. The SMILES string of the molecule is Cc1c(N)cc(Br)cc1S(=O)(=O)Nc1c(F)cccc1F. The van der Waals surface area contributed by atoms with E-state index in [0.29, 0.717) is 10.0 Å². The molecule has 0 aliphatic carbocycles. The fraction of sp³-hybridized carbons (Fsp3) is 0.0769. The summed E-state index contributed by atoms with van der Waals surface area (Å²) in [5, 5.41) is 0. The Labute approximate surface area is 129 Å². The van der Waals surface area contributed by atoms with Crippen LogP contribution >= 0.6 is 15.9 Å². The first kappa shape index (κ1) is 15.7. The zero-order chi connectivity index (χ0) is 15.8. The second-order valence-corrected chi connectivity index (χ2v) is 6.89. The van der Waals surface area contributed by atoms with Gasteiger partial charge in [0, 0.05) is 10.2 Å². The van der Waals surface area contributed by atoms with Gasteiger partial charge in [-0.25, -0.2) is 17.2 Å². The molecule has 0 unspecified atom stereocenters. The molecule has 0 aromatic heterocycles. The highest BCUT2D eigenvalue weighted by Crippen LogP contribution is 2.29. The van der Waals surface area contributed by atoms with Gasteiger partial charge in [0.05, 0.1) is 4.90 Å². The van der Waals surface area contributed by atoms with Crippen LogP contribution in [0.25, 0.3) is 0 Å². The fourth-order valence-electron chi connectivity index (χ4n) is 1.74. The first-order chi connectivity index (χ1) is 9.72. The van der Waals surface area contributed by atoms with Crippen molar-refractivity contribution in [3.63, 3.8) is 0 Å². The molecule has 0 amide bonds. The van der Waals surface area contributed by atoms with Crippen LogP contribution in [0.3, 0.4) is 0 Å². The van der Waals surface area contributed by atoms with Crippen LogP contribution < -0.4 is 10.5 Å². The second-order valence-electron chi connectivity index (χ2n) is 4.32. The molecule has 112 valence electrons. The smallest absolute Gasteiger partial charge is 0.262 e. The van der Waals surface area contributed by atoms with Crippen molar-refractivity contribution >= 4 is 37.3 Å². The minimum Gasteiger partial charge on any atom is -0.398 e. The maximum atomic E-state index is 13.6. The third kappa shape index (κ3) is 3.16. The van der Waals surface area contributed by atoms with Crippen LogP contribution in [0.5, 0.6) is 0 Å². The van der Waals surface area contributed by atoms with Gasteiger partial charge in [0.1, 0.15) is 17.3 Å². The summed E-state index contributed by atoms with van der Waals surface area (Å²) in [6.45, 7) is 1.51. The third-order valence-corrected chi connectivity index (χ3v) is 4.79. The van der Waals surface area contributed by atoms with E-state index in [4.69, 9.17) is 5.73 Å². The standard InChI is InChI=1S/C13H11BrF2N2O2S/c1-7-11(17)5-8(14)6-12(7)21(19,20)18-13-9(15)3-2-4-10(13)16/h2-6,18H,17H2,1H3. The lowest BCUT2D eigenvalue weighted by Crippen LogP contribution is -2.17. The Morgan fingerprint density at radius 2 is 1.76 bits per heavy atom. The number of halogens is 3. The van der Waals surface area contributed by atoms with Crippen molar-refractivity contribution in [2.75, 3.05) is 10.5 Å². The van der Waals surface area contributed by atoms with Crippen LogP contribution in [-0.4, -0.2) is 8.42 Å². The molecule has 2 aromatic rings. The van der Waals surface area contributed by atoms with Crippen molar-refractivity contribution in [2.45, 2.75) is 11.8 Å². The Morgan fingerprint density at radius 1 is 1.19 bits per heavy atom. The summed E-state index contributed by atoms with van der Waals surface area (Å²) in [4.78, 5) is -0.156. The number of hydrogen-bond donors (Lipinski definition) is 2. The topological polar surface area (TPSA) is 72.2 Å². The van der Waals surface area contributed by atoms with E-state index >= 15 is 0 Å². The first-order valence-electron chi connectivity index (χ1n) is 5.75. The van der Waals surface area contributed by atoms with E-state index in [1.165, 1.54) is 19.1 Å². The normalized spacial score (nSPS) is 11.4. The summed E-state index contributed by atoms with van der Waals surface area (Å²) in [5.41, 5.74) is 5.52. The molecule has 0 fully saturated rings. The van der Waals surface area contributed by atoms with Gasteiger partial charge in [-0.2, -0.15) is 0 Å². The maximum absolute atomic E-state index is 13.6. The van der Waals surface area contributed by atoms with Gasteiger partial charge < -0.3 is 5.73 Å². The Morgan fingerprint density at radius 3 is 2.33 bits per heavy atom. The maximum Gasteiger partial charge on any atom is 0.262 e. The van der Waals surface area contributed by atoms with Crippen LogP contribution in [0.1, 0.15) is 5.56 Å². The van der Waals surface area contributed by atoms with Crippen LogP contribution in [0.15, 0.2) is 39.7 Å². The highest BCUT2D eigenvalue weighted by molar-refractivity contribution is 9.10. The van der Waals surface area contributed by atoms with E-state index in [0.717, 1.165) is 18.2 Å². The number of nitrogen functional groups attached to an aromatic ring is 1. The van der Waals surface area contributed by atoms with Gasteiger partial charge in [0.15, 0.2) is 0 Å². The minimum absolute atomic E-state index is 0.156. The minimum atomic E-state index is -4.17. The van der Waals surface area contributed by atoms with Crippen molar-refractivity contribution in [3.8, 4) is 0 Å². The van der Waals surface area contributed by atoms with E-state index in [2.05, 4.69) is 15.9 Å². The molecule has 0 saturated carbocycles. The van der Waals surface area contributed by atoms with Crippen molar-refractivity contribution < 1.29 is 17.2 Å². The molecular formula is C13H11BrF2N2O2S. The molecule has 0 bridgehead atoms. The van der Waals surface area contributed by atoms with Gasteiger partial charge in [-0.15, -0.1) is 0 Å². The third-order valence-electron chi connectivity index (χ3n) is 2.85. The number of nitrogens with two attached hydrogens (primary N) is 1. The van der Waals surface area contributed by atoms with E-state index in [-0.39, 0.29) is 10.6 Å². The lowest BCUT2D eigenvalue weighted by molar-refractivity contribution is 0.582. The van der Waals surface area contributed by atoms with Gasteiger partial charge in [0.2, 0.25) is 0 Å². The number of anilines is 2. The largest absolute Gasteiger partial charge is 0.398 e. The molecule has 2 rings (SSSR count). The average Bonchev–Trinajstić information content (AvgIpc) is 2.38. The zero-order valence-electron chi connectivity index (χ0n) is 10.8. The van der Waals surface area contributed by atoms with Gasteiger partial charge in [0.25, 0.3) is 10.0 Å². The molecule has 2 aromatic carbocycles. The number of nitrogens with one attached hydrogen (secondary N) is 1. The first-order valence-corrected chi connectivity index (χ1v) is 8.02. The van der Waals surface area contributed by atoms with Crippen molar-refractivity contribution in [3.05, 3.63) is 52.0 Å². The molecule has 0 spiro atoms. The van der Waals surface area contributed by atoms with Crippen molar-refractivity contribution in [1.29, 1.82) is 0 Å². The molecule has 0 aliphatic heterocycles. The zero-order valence-corrected chi connectivity index (χ0v) is 13.2. The fourth-order valence-corrected chi connectivity index (χ4v) is 3.74. The van der Waals surface area contributed by atoms with Crippen LogP contribution in [-0.2, 0) is 10.0 Å². The van der Waals surface area contributed by atoms with Crippen LogP contribution in [0.2, 0.25) is 0 Å². The van der Waals surface area contributed by atoms with E-state index in [1.807, 2.05) is 4.72 Å². The van der Waals surface area contributed by atoms with Gasteiger partial charge >= 0.3 is 0 Å². The monoisotopic (exact) mass is 376 g/mol. The molecule has 21 heavy (non-hydrogen) atoms. The van der Waals surface area contributed by atoms with Crippen molar-refractivity contribution in [1.82, 2.24) is 0 Å². The summed E-state index contributed by atoms with van der Waals surface area (Å²) in [7, 11) is -4.17. The quantitative estimate of drug-likeness (QED) is 0.806. The molecule has 8 heteroatoms. The number of rotatable bonds is 3. The molecule has 0 aliphatic rings. The van der Waals surface area contributed by atoms with E-state index < -0.39 is 27.3 Å². The Bertz CT molecular complexity index is 790. The van der Waals surface area contributed by atoms with Crippen LogP contribution in [0, 0.1) is 18.6 Å². The predicted octanol–water partition coefficient (Wildman–Crippen LogP) is 3.42. The number of benzene rings is 2. The van der Waals surface area contributed by atoms with Gasteiger partial charge in [-0.3, -0.25) is 4.72 Å². The summed E-state index contributed by atoms with van der Waals surface area (Å²) in [5.74, 6) is -2.00. The molecule has 0 atom stereocenters. The molecule has 4 nitrogen and oxygen atoms in total. The van der Waals surface area contributed by atoms with E-state index in [1.54, 1.807) is 0 Å². The number of para-hydroxylation sites is 1. The highest BCUT2D eigenvalue weighted by Gasteiger charge is 2.22. The summed E-state index contributed by atoms with van der Waals surface area (Å²) in [6.07, 6.45) is 0. The van der Waals surface area contributed by atoms with Crippen LogP contribution in [0.4, 0.5) is 20.2 Å². The Kier molecular flexibility index (Phi) is 4.20. The summed E-state index contributed by atoms with van der Waals surface area (Å²) >= 11 is 3.13. The Balaban J connectivity index is 2.54. The van der Waals surface area contributed by atoms with E-state index in [9.17, 15) is 17.2 Å². The van der Waals surface area contributed by atoms with Gasteiger partial charge in [-0.05, 0) is 36.8 Å². The Hall–Kier alpha value is -1.67. The molecule has 0 heterocycles. The lowest BCUT2D eigenvalue weighted by Gasteiger charge is -2.13. The average molecular weight is 377 g/mol. The summed E-state index contributed by atoms with van der Waals surface area (Å²) in [6, 6.07) is 5.92. The van der Waals surface area contributed by atoms with Crippen molar-refractivity contribution in [2.24, 2.45) is 0 Å². The molecular weight excluding hydrogens is 366 g/mol.